The second kappa shape index (κ2) is 4.78. The van der Waals surface area contributed by atoms with Crippen LogP contribution in [0.3, 0.4) is 0 Å². The molecule has 0 atom stereocenters. The number of nitrogens with zero attached hydrogens (tertiary/aromatic N) is 2. The van der Waals surface area contributed by atoms with Gasteiger partial charge in [-0.05, 0) is 18.2 Å². The van der Waals surface area contributed by atoms with E-state index < -0.39 is 0 Å². The highest BCUT2D eigenvalue weighted by Gasteiger charge is 2.04. The van der Waals surface area contributed by atoms with E-state index in [0.717, 1.165) is 41.3 Å². The molecule has 0 unspecified atom stereocenters. The molecule has 0 amide bonds. The Morgan fingerprint density at radius 2 is 2.33 bits per heavy atom. The predicted octanol–water partition coefficient (Wildman–Crippen LogP) is 3.46. The Morgan fingerprint density at radius 3 is 3.11 bits per heavy atom. The van der Waals surface area contributed by atoms with E-state index in [9.17, 15) is 0 Å². The van der Waals surface area contributed by atoms with Crippen molar-refractivity contribution in [2.24, 2.45) is 0 Å². The molecule has 1 N–H and O–H groups in total. The Morgan fingerprint density at radius 1 is 1.39 bits per heavy atom. The first-order chi connectivity index (χ1) is 8.85. The molecule has 1 aromatic carbocycles. The fraction of sp³-hybridized carbons (Fsp3) is 0.231. The van der Waals surface area contributed by atoms with Gasteiger partial charge < -0.3 is 9.73 Å². The standard InChI is InChI=1S/C13H13N3OS/c1-2-13-16-11-5-9(3-4-12(11)17-13)14-6-10-7-18-8-15-10/h3-5,7-8,14H,2,6H2,1H3. The minimum absolute atomic E-state index is 0.730. The number of aromatic nitrogens is 2. The summed E-state index contributed by atoms with van der Waals surface area (Å²) in [6, 6.07) is 5.95. The third kappa shape index (κ3) is 2.22. The SMILES string of the molecule is CCc1nc2cc(NCc3cscn3)ccc2o1. The van der Waals surface area contributed by atoms with Gasteiger partial charge in [-0.15, -0.1) is 11.3 Å². The van der Waals surface area contributed by atoms with Crippen LogP contribution in [0, 0.1) is 0 Å². The van der Waals surface area contributed by atoms with Gasteiger partial charge in [-0.1, -0.05) is 6.92 Å². The lowest BCUT2D eigenvalue weighted by Gasteiger charge is -2.03. The molecule has 3 rings (SSSR count). The maximum atomic E-state index is 5.57. The Kier molecular flexibility index (Phi) is 2.98. The zero-order valence-corrected chi connectivity index (χ0v) is 10.8. The van der Waals surface area contributed by atoms with Crippen molar-refractivity contribution in [3.63, 3.8) is 0 Å². The van der Waals surface area contributed by atoms with E-state index in [0.29, 0.717) is 0 Å². The molecule has 0 aliphatic rings. The van der Waals surface area contributed by atoms with Gasteiger partial charge in [0.25, 0.3) is 0 Å². The summed E-state index contributed by atoms with van der Waals surface area (Å²) in [4.78, 5) is 8.65. The van der Waals surface area contributed by atoms with E-state index in [-0.39, 0.29) is 0 Å². The van der Waals surface area contributed by atoms with Crippen LogP contribution >= 0.6 is 11.3 Å². The fourth-order valence-corrected chi connectivity index (χ4v) is 2.31. The van der Waals surface area contributed by atoms with Gasteiger partial charge in [-0.3, -0.25) is 0 Å². The average molecular weight is 259 g/mol. The van der Waals surface area contributed by atoms with Crippen LogP contribution in [0.5, 0.6) is 0 Å². The summed E-state index contributed by atoms with van der Waals surface area (Å²) in [5, 5.41) is 5.37. The summed E-state index contributed by atoms with van der Waals surface area (Å²) >= 11 is 1.61. The smallest absolute Gasteiger partial charge is 0.195 e. The molecule has 0 saturated heterocycles. The maximum Gasteiger partial charge on any atom is 0.195 e. The van der Waals surface area contributed by atoms with Crippen molar-refractivity contribution in [1.29, 1.82) is 0 Å². The number of aryl methyl sites for hydroxylation is 1. The number of hydrogen-bond acceptors (Lipinski definition) is 5. The Labute approximate surface area is 109 Å². The summed E-state index contributed by atoms with van der Waals surface area (Å²) in [6.07, 6.45) is 0.816. The van der Waals surface area contributed by atoms with Gasteiger partial charge in [-0.25, -0.2) is 9.97 Å². The van der Waals surface area contributed by atoms with Gasteiger partial charge in [0, 0.05) is 17.5 Å². The van der Waals surface area contributed by atoms with E-state index in [1.807, 2.05) is 36.0 Å². The van der Waals surface area contributed by atoms with Gasteiger partial charge in [0.2, 0.25) is 0 Å². The van der Waals surface area contributed by atoms with Crippen LogP contribution in [0.1, 0.15) is 18.5 Å². The number of nitrogens with one attached hydrogen (secondary N) is 1. The number of anilines is 1. The zero-order valence-electron chi connectivity index (χ0n) is 10.0. The van der Waals surface area contributed by atoms with Crippen LogP contribution in [-0.4, -0.2) is 9.97 Å². The molecule has 2 aromatic heterocycles. The second-order valence-corrected chi connectivity index (χ2v) is 4.70. The van der Waals surface area contributed by atoms with Crippen molar-refractivity contribution in [3.8, 4) is 0 Å². The highest BCUT2D eigenvalue weighted by atomic mass is 32.1. The first-order valence-corrected chi connectivity index (χ1v) is 6.80. The van der Waals surface area contributed by atoms with Crippen LogP contribution in [0.4, 0.5) is 5.69 Å². The number of hydrogen-bond donors (Lipinski definition) is 1. The third-order valence-corrected chi connectivity index (χ3v) is 3.33. The Bertz CT molecular complexity index is 645. The van der Waals surface area contributed by atoms with E-state index in [2.05, 4.69) is 15.3 Å². The lowest BCUT2D eigenvalue weighted by atomic mass is 10.3. The van der Waals surface area contributed by atoms with Crippen molar-refractivity contribution in [2.45, 2.75) is 19.9 Å². The van der Waals surface area contributed by atoms with Crippen LogP contribution in [0.15, 0.2) is 33.5 Å². The molecular formula is C13H13N3OS. The summed E-state index contributed by atoms with van der Waals surface area (Å²) in [5.74, 6) is 0.779. The van der Waals surface area contributed by atoms with Crippen LogP contribution in [0.2, 0.25) is 0 Å². The summed E-state index contributed by atoms with van der Waals surface area (Å²) in [6.45, 7) is 2.76. The molecule has 92 valence electrons. The molecule has 0 radical (unpaired) electrons. The van der Waals surface area contributed by atoms with E-state index >= 15 is 0 Å². The number of thiazole rings is 1. The maximum absolute atomic E-state index is 5.57. The minimum atomic E-state index is 0.730. The quantitative estimate of drug-likeness (QED) is 0.779. The number of oxazole rings is 1. The number of rotatable bonds is 4. The molecular weight excluding hydrogens is 246 g/mol. The number of fused-ring (bicyclic) bond motifs is 1. The predicted molar refractivity (Wildman–Crippen MR) is 72.8 cm³/mol. The Balaban J connectivity index is 1.80. The molecule has 18 heavy (non-hydrogen) atoms. The van der Waals surface area contributed by atoms with Gasteiger partial charge in [-0.2, -0.15) is 0 Å². The molecule has 0 spiro atoms. The Hall–Kier alpha value is -1.88. The largest absolute Gasteiger partial charge is 0.441 e. The van der Waals surface area contributed by atoms with Crippen molar-refractivity contribution in [3.05, 3.63) is 40.7 Å². The molecule has 0 saturated carbocycles. The first-order valence-electron chi connectivity index (χ1n) is 5.85. The van der Waals surface area contributed by atoms with Gasteiger partial charge >= 0.3 is 0 Å². The highest BCUT2D eigenvalue weighted by molar-refractivity contribution is 7.07. The van der Waals surface area contributed by atoms with Crippen LogP contribution < -0.4 is 5.32 Å². The van der Waals surface area contributed by atoms with E-state index in [1.54, 1.807) is 11.3 Å². The number of benzene rings is 1. The lowest BCUT2D eigenvalue weighted by molar-refractivity contribution is 0.538. The van der Waals surface area contributed by atoms with E-state index in [4.69, 9.17) is 4.42 Å². The monoisotopic (exact) mass is 259 g/mol. The zero-order chi connectivity index (χ0) is 12.4. The van der Waals surface area contributed by atoms with E-state index in [1.165, 1.54) is 0 Å². The van der Waals surface area contributed by atoms with Crippen LogP contribution in [0.25, 0.3) is 11.1 Å². The normalized spacial score (nSPS) is 10.9. The molecule has 0 bridgehead atoms. The molecule has 0 fully saturated rings. The van der Waals surface area contributed by atoms with Crippen molar-refractivity contribution < 1.29 is 4.42 Å². The van der Waals surface area contributed by atoms with Gasteiger partial charge in [0.15, 0.2) is 11.5 Å². The topological polar surface area (TPSA) is 51.0 Å². The fourth-order valence-electron chi connectivity index (χ4n) is 1.75. The molecule has 3 aromatic rings. The van der Waals surface area contributed by atoms with Gasteiger partial charge in [0.1, 0.15) is 5.52 Å². The lowest BCUT2D eigenvalue weighted by Crippen LogP contribution is -1.98. The van der Waals surface area contributed by atoms with Gasteiger partial charge in [0.05, 0.1) is 17.7 Å². The molecule has 0 aliphatic heterocycles. The molecule has 0 aliphatic carbocycles. The van der Waals surface area contributed by atoms with Crippen LogP contribution in [-0.2, 0) is 13.0 Å². The second-order valence-electron chi connectivity index (χ2n) is 3.98. The molecule has 2 heterocycles. The van der Waals surface area contributed by atoms with Crippen molar-refractivity contribution in [2.75, 3.05) is 5.32 Å². The molecule has 4 nitrogen and oxygen atoms in total. The molecule has 5 heteroatoms. The average Bonchev–Trinajstić information content (AvgIpc) is 3.04. The van der Waals surface area contributed by atoms with Crippen molar-refractivity contribution in [1.82, 2.24) is 9.97 Å². The highest BCUT2D eigenvalue weighted by Crippen LogP contribution is 2.20. The first kappa shape index (κ1) is 11.2. The minimum Gasteiger partial charge on any atom is -0.441 e. The third-order valence-electron chi connectivity index (χ3n) is 2.69. The summed E-state index contributed by atoms with van der Waals surface area (Å²) < 4.78 is 5.57. The summed E-state index contributed by atoms with van der Waals surface area (Å²) in [5.41, 5.74) is 5.66. The van der Waals surface area contributed by atoms with Crippen molar-refractivity contribution >= 4 is 28.1 Å². The summed E-state index contributed by atoms with van der Waals surface area (Å²) in [7, 11) is 0.